The summed E-state index contributed by atoms with van der Waals surface area (Å²) >= 11 is 5.77. The lowest BCUT2D eigenvalue weighted by Gasteiger charge is -2.12. The molecule has 4 nitrogen and oxygen atoms in total. The molecule has 0 heterocycles. The van der Waals surface area contributed by atoms with Gasteiger partial charge in [0.15, 0.2) is 0 Å². The van der Waals surface area contributed by atoms with Gasteiger partial charge in [-0.15, -0.1) is 0 Å². The average Bonchev–Trinajstić information content (AvgIpc) is 2.47. The number of amides is 1. The topological polar surface area (TPSA) is 61.4 Å². The number of aliphatic hydroxyl groups excluding tert-OH is 1. The third kappa shape index (κ3) is 4.26. The van der Waals surface area contributed by atoms with Crippen molar-refractivity contribution in [2.45, 2.75) is 12.5 Å². The molecule has 5 heteroatoms. The molecule has 0 bridgehead atoms. The van der Waals surface area contributed by atoms with Crippen LogP contribution in [0.15, 0.2) is 54.6 Å². The second-order valence-electron chi connectivity index (χ2n) is 4.31. The Kier molecular flexibility index (Phi) is 4.98. The van der Waals surface area contributed by atoms with Gasteiger partial charge in [0, 0.05) is 5.02 Å². The third-order valence-corrected chi connectivity index (χ3v) is 3.01. The number of hydrogen-bond donors (Lipinski definition) is 3. The molecular formula is C15H15ClN2O2. The zero-order valence-corrected chi connectivity index (χ0v) is 11.5. The van der Waals surface area contributed by atoms with Crippen LogP contribution in [-0.2, 0) is 4.79 Å². The molecule has 0 saturated heterocycles. The van der Waals surface area contributed by atoms with E-state index in [1.54, 1.807) is 24.3 Å². The Balaban J connectivity index is 1.83. The van der Waals surface area contributed by atoms with Crippen LogP contribution in [0.1, 0.15) is 18.1 Å². The first-order chi connectivity index (χ1) is 9.65. The summed E-state index contributed by atoms with van der Waals surface area (Å²) in [7, 11) is 0. The number of hydrogen-bond acceptors (Lipinski definition) is 3. The smallest absolute Gasteiger partial charge is 0.241 e. The Morgan fingerprint density at radius 3 is 2.40 bits per heavy atom. The molecule has 2 rings (SSSR count). The van der Waals surface area contributed by atoms with Gasteiger partial charge in [0.2, 0.25) is 5.91 Å². The fourth-order valence-electron chi connectivity index (χ4n) is 1.69. The normalized spacial score (nSPS) is 11.7. The fourth-order valence-corrected chi connectivity index (χ4v) is 1.82. The summed E-state index contributed by atoms with van der Waals surface area (Å²) in [5.41, 5.74) is 6.75. The largest absolute Gasteiger partial charge is 0.388 e. The first-order valence-corrected chi connectivity index (χ1v) is 6.56. The van der Waals surface area contributed by atoms with Crippen molar-refractivity contribution >= 4 is 23.2 Å². The van der Waals surface area contributed by atoms with Crippen LogP contribution in [-0.4, -0.2) is 11.0 Å². The zero-order valence-electron chi connectivity index (χ0n) is 10.7. The van der Waals surface area contributed by atoms with E-state index in [4.69, 9.17) is 11.6 Å². The van der Waals surface area contributed by atoms with Crippen molar-refractivity contribution < 1.29 is 9.90 Å². The molecular weight excluding hydrogens is 276 g/mol. The number of carbonyl (C=O) groups is 1. The highest BCUT2D eigenvalue weighted by atomic mass is 35.5. The second-order valence-corrected chi connectivity index (χ2v) is 4.75. The van der Waals surface area contributed by atoms with Crippen molar-refractivity contribution in [2.75, 3.05) is 5.43 Å². The lowest BCUT2D eigenvalue weighted by Crippen LogP contribution is -2.30. The number of rotatable bonds is 5. The molecule has 2 aromatic carbocycles. The van der Waals surface area contributed by atoms with E-state index in [9.17, 15) is 9.90 Å². The van der Waals surface area contributed by atoms with E-state index in [-0.39, 0.29) is 12.3 Å². The first-order valence-electron chi connectivity index (χ1n) is 6.18. The van der Waals surface area contributed by atoms with E-state index < -0.39 is 6.10 Å². The molecule has 0 fully saturated rings. The van der Waals surface area contributed by atoms with Crippen LogP contribution in [0.25, 0.3) is 0 Å². The first kappa shape index (κ1) is 14.4. The van der Waals surface area contributed by atoms with E-state index >= 15 is 0 Å². The minimum atomic E-state index is -0.857. The van der Waals surface area contributed by atoms with E-state index in [0.29, 0.717) is 10.6 Å². The second kappa shape index (κ2) is 6.93. The van der Waals surface area contributed by atoms with Gasteiger partial charge in [0.1, 0.15) is 0 Å². The van der Waals surface area contributed by atoms with E-state index in [1.165, 1.54) is 0 Å². The standard InChI is InChI=1S/C15H15ClN2O2/c16-12-8-6-11(7-9-12)14(19)10-15(20)18-17-13-4-2-1-3-5-13/h1-9,14,17,19H,10H2,(H,18,20). The van der Waals surface area contributed by atoms with Crippen molar-refractivity contribution in [3.05, 3.63) is 65.2 Å². The van der Waals surface area contributed by atoms with Crippen molar-refractivity contribution in [1.29, 1.82) is 0 Å². The molecule has 0 radical (unpaired) electrons. The summed E-state index contributed by atoms with van der Waals surface area (Å²) in [4.78, 5) is 11.7. The minimum absolute atomic E-state index is 0.0263. The summed E-state index contributed by atoms with van der Waals surface area (Å²) in [6, 6.07) is 16.0. The van der Waals surface area contributed by atoms with Gasteiger partial charge in [0.25, 0.3) is 0 Å². The van der Waals surface area contributed by atoms with Crippen LogP contribution >= 0.6 is 11.6 Å². The number of halogens is 1. The maximum absolute atomic E-state index is 11.7. The molecule has 104 valence electrons. The number of anilines is 1. The molecule has 0 aliphatic carbocycles. The van der Waals surface area contributed by atoms with Crippen LogP contribution in [0, 0.1) is 0 Å². The summed E-state index contributed by atoms with van der Waals surface area (Å²) in [5, 5.41) is 10.5. The number of para-hydroxylation sites is 1. The Morgan fingerprint density at radius 1 is 1.10 bits per heavy atom. The summed E-state index contributed by atoms with van der Waals surface area (Å²) < 4.78 is 0. The van der Waals surface area contributed by atoms with Crippen LogP contribution in [0.3, 0.4) is 0 Å². The van der Waals surface area contributed by atoms with Gasteiger partial charge in [-0.3, -0.25) is 15.6 Å². The number of aliphatic hydroxyl groups is 1. The molecule has 0 saturated carbocycles. The van der Waals surface area contributed by atoms with Crippen LogP contribution < -0.4 is 10.9 Å². The minimum Gasteiger partial charge on any atom is -0.388 e. The number of benzene rings is 2. The van der Waals surface area contributed by atoms with Gasteiger partial charge in [-0.1, -0.05) is 41.9 Å². The van der Waals surface area contributed by atoms with Gasteiger partial charge in [-0.05, 0) is 29.8 Å². The Hall–Kier alpha value is -2.04. The quantitative estimate of drug-likeness (QED) is 0.742. The van der Waals surface area contributed by atoms with Crippen LogP contribution in [0.5, 0.6) is 0 Å². The monoisotopic (exact) mass is 290 g/mol. The molecule has 1 amide bonds. The average molecular weight is 291 g/mol. The van der Waals surface area contributed by atoms with Gasteiger partial charge >= 0.3 is 0 Å². The summed E-state index contributed by atoms with van der Waals surface area (Å²) in [6.07, 6.45) is -0.883. The number of nitrogens with one attached hydrogen (secondary N) is 2. The van der Waals surface area contributed by atoms with Crippen LogP contribution in [0.4, 0.5) is 5.69 Å². The van der Waals surface area contributed by atoms with Gasteiger partial charge < -0.3 is 5.11 Å². The van der Waals surface area contributed by atoms with Gasteiger partial charge in [0.05, 0.1) is 18.2 Å². The van der Waals surface area contributed by atoms with E-state index in [1.807, 2.05) is 30.3 Å². The highest BCUT2D eigenvalue weighted by Crippen LogP contribution is 2.18. The predicted octanol–water partition coefficient (Wildman–Crippen LogP) is 2.91. The highest BCUT2D eigenvalue weighted by Gasteiger charge is 2.12. The fraction of sp³-hybridized carbons (Fsp3) is 0.133. The maximum Gasteiger partial charge on any atom is 0.241 e. The van der Waals surface area contributed by atoms with Crippen LogP contribution in [0.2, 0.25) is 5.02 Å². The maximum atomic E-state index is 11.7. The predicted molar refractivity (Wildman–Crippen MR) is 79.2 cm³/mol. The summed E-state index contributed by atoms with van der Waals surface area (Å²) in [6.45, 7) is 0. The number of carbonyl (C=O) groups excluding carboxylic acids is 1. The third-order valence-electron chi connectivity index (χ3n) is 2.75. The Morgan fingerprint density at radius 2 is 1.75 bits per heavy atom. The zero-order chi connectivity index (χ0) is 14.4. The molecule has 0 aromatic heterocycles. The molecule has 0 aliphatic rings. The van der Waals surface area contributed by atoms with Crippen molar-refractivity contribution in [3.63, 3.8) is 0 Å². The molecule has 2 aromatic rings. The Labute approximate surface area is 122 Å². The Bertz CT molecular complexity index is 558. The molecule has 1 atom stereocenters. The molecule has 0 aliphatic heterocycles. The summed E-state index contributed by atoms with van der Waals surface area (Å²) in [5.74, 6) is -0.295. The number of hydrazine groups is 1. The molecule has 1 unspecified atom stereocenters. The van der Waals surface area contributed by atoms with Gasteiger partial charge in [-0.25, -0.2) is 0 Å². The van der Waals surface area contributed by atoms with E-state index in [0.717, 1.165) is 5.69 Å². The van der Waals surface area contributed by atoms with E-state index in [2.05, 4.69) is 10.9 Å². The highest BCUT2D eigenvalue weighted by molar-refractivity contribution is 6.30. The molecule has 0 spiro atoms. The van der Waals surface area contributed by atoms with Crippen molar-refractivity contribution in [1.82, 2.24) is 5.43 Å². The van der Waals surface area contributed by atoms with Gasteiger partial charge in [-0.2, -0.15) is 0 Å². The molecule has 20 heavy (non-hydrogen) atoms. The SMILES string of the molecule is O=C(CC(O)c1ccc(Cl)cc1)NNc1ccccc1. The lowest BCUT2D eigenvalue weighted by atomic mass is 10.1. The lowest BCUT2D eigenvalue weighted by molar-refractivity contribution is -0.122. The molecule has 3 N–H and O–H groups in total. The van der Waals surface area contributed by atoms with Crippen molar-refractivity contribution in [2.24, 2.45) is 0 Å². The van der Waals surface area contributed by atoms with Crippen molar-refractivity contribution in [3.8, 4) is 0 Å².